The summed E-state index contributed by atoms with van der Waals surface area (Å²) < 4.78 is 4.74. The Morgan fingerprint density at radius 1 is 0.826 bits per heavy atom. The van der Waals surface area contributed by atoms with E-state index in [1.54, 1.807) is 0 Å². The minimum atomic E-state index is -2.14. The molecule has 2 atom stereocenters. The molecule has 3 N–H and O–H groups in total. The number of ether oxygens (including phenoxy) is 1. The van der Waals surface area contributed by atoms with E-state index in [0.29, 0.717) is 6.42 Å². The molecule has 0 heterocycles. The molecule has 0 aromatic rings. The van der Waals surface area contributed by atoms with Gasteiger partial charge in [0, 0.05) is 0 Å². The minimum Gasteiger partial charge on any atom is -0.479 e. The van der Waals surface area contributed by atoms with Crippen molar-refractivity contribution in [2.75, 3.05) is 6.61 Å². The van der Waals surface area contributed by atoms with Crippen molar-refractivity contribution < 1.29 is 29.6 Å². The zero-order valence-electron chi connectivity index (χ0n) is 14.4. The largest absolute Gasteiger partial charge is 0.479 e. The molecule has 0 radical (unpaired) electrons. The second-order valence-corrected chi connectivity index (χ2v) is 6.41. The Bertz CT molecular complexity index is 329. The van der Waals surface area contributed by atoms with Crippen molar-refractivity contribution in [3.05, 3.63) is 0 Å². The third kappa shape index (κ3) is 12.0. The zero-order chi connectivity index (χ0) is 17.7. The summed E-state index contributed by atoms with van der Waals surface area (Å²) in [6, 6.07) is 0. The third-order valence-electron chi connectivity index (χ3n) is 3.71. The monoisotopic (exact) mass is 332 g/mol. The normalized spacial score (nSPS) is 13.8. The molecule has 6 nitrogen and oxygen atoms in total. The summed E-state index contributed by atoms with van der Waals surface area (Å²) in [7, 11) is 0. The lowest BCUT2D eigenvalue weighted by molar-refractivity contribution is -0.169. The molecule has 0 bridgehead atoms. The number of aliphatic hydroxyl groups excluding tert-OH is 2. The van der Waals surface area contributed by atoms with E-state index in [1.165, 1.54) is 32.1 Å². The number of carboxylic acids is 1. The van der Waals surface area contributed by atoms with Crippen LogP contribution in [0.2, 0.25) is 0 Å². The quantitative estimate of drug-likeness (QED) is 0.333. The van der Waals surface area contributed by atoms with Crippen molar-refractivity contribution in [3.8, 4) is 0 Å². The molecule has 23 heavy (non-hydrogen) atoms. The summed E-state index contributed by atoms with van der Waals surface area (Å²) in [5.74, 6) is -1.96. The second kappa shape index (κ2) is 13.3. The Morgan fingerprint density at radius 2 is 1.30 bits per heavy atom. The number of carbonyl (C=O) groups is 2. The number of rotatable bonds is 14. The Labute approximate surface area is 138 Å². The summed E-state index contributed by atoms with van der Waals surface area (Å²) in [4.78, 5) is 21.7. The van der Waals surface area contributed by atoms with Crippen molar-refractivity contribution in [3.63, 3.8) is 0 Å². The fourth-order valence-corrected chi connectivity index (χ4v) is 2.24. The van der Waals surface area contributed by atoms with Gasteiger partial charge in [-0.3, -0.25) is 0 Å². The first kappa shape index (κ1) is 21.9. The first-order valence-corrected chi connectivity index (χ1v) is 8.61. The van der Waals surface area contributed by atoms with Crippen molar-refractivity contribution in [2.24, 2.45) is 5.92 Å². The zero-order valence-corrected chi connectivity index (χ0v) is 14.4. The van der Waals surface area contributed by atoms with Crippen molar-refractivity contribution >= 4 is 11.9 Å². The van der Waals surface area contributed by atoms with Gasteiger partial charge in [0.1, 0.15) is 0 Å². The summed E-state index contributed by atoms with van der Waals surface area (Å²) in [6.45, 7) is 4.62. The number of aliphatic carboxylic acids is 1. The molecule has 0 rings (SSSR count). The fraction of sp³-hybridized carbons (Fsp3) is 0.882. The molecule has 136 valence electrons. The Hall–Kier alpha value is -1.14. The summed E-state index contributed by atoms with van der Waals surface area (Å²) >= 11 is 0. The van der Waals surface area contributed by atoms with E-state index in [2.05, 4.69) is 13.8 Å². The summed E-state index contributed by atoms with van der Waals surface area (Å²) in [5, 5.41) is 26.7. The van der Waals surface area contributed by atoms with Crippen LogP contribution in [0.1, 0.15) is 71.6 Å². The van der Waals surface area contributed by atoms with E-state index >= 15 is 0 Å². The van der Waals surface area contributed by atoms with Gasteiger partial charge >= 0.3 is 11.9 Å². The van der Waals surface area contributed by atoms with E-state index in [4.69, 9.17) is 14.9 Å². The molecule has 0 aliphatic rings. The highest BCUT2D eigenvalue weighted by atomic mass is 16.5. The molecular weight excluding hydrogens is 300 g/mol. The van der Waals surface area contributed by atoms with E-state index in [0.717, 1.165) is 25.2 Å². The first-order chi connectivity index (χ1) is 10.9. The van der Waals surface area contributed by atoms with Gasteiger partial charge < -0.3 is 20.1 Å². The van der Waals surface area contributed by atoms with E-state index in [-0.39, 0.29) is 6.61 Å². The Morgan fingerprint density at radius 3 is 1.78 bits per heavy atom. The average molecular weight is 332 g/mol. The maximum atomic E-state index is 11.3. The third-order valence-corrected chi connectivity index (χ3v) is 3.71. The molecule has 0 aromatic heterocycles. The van der Waals surface area contributed by atoms with Crippen LogP contribution >= 0.6 is 0 Å². The SMILES string of the molecule is CC(C)CCCCCCCCCCOC(=O)C(O)C(O)C(=O)O. The predicted molar refractivity (Wildman–Crippen MR) is 87.0 cm³/mol. The molecular formula is C17H32O6. The Kier molecular flexibility index (Phi) is 12.7. The lowest BCUT2D eigenvalue weighted by Crippen LogP contribution is -2.40. The van der Waals surface area contributed by atoms with Gasteiger partial charge in [0.15, 0.2) is 12.2 Å². The summed E-state index contributed by atoms with van der Waals surface area (Å²) in [6.07, 6.45) is 6.05. The smallest absolute Gasteiger partial charge is 0.338 e. The highest BCUT2D eigenvalue weighted by molar-refractivity contribution is 5.84. The van der Waals surface area contributed by atoms with Crippen LogP contribution < -0.4 is 0 Å². The van der Waals surface area contributed by atoms with Crippen LogP contribution in [0.5, 0.6) is 0 Å². The molecule has 0 fully saturated rings. The molecule has 2 unspecified atom stereocenters. The van der Waals surface area contributed by atoms with Gasteiger partial charge in [-0.1, -0.05) is 65.2 Å². The fourth-order valence-electron chi connectivity index (χ4n) is 2.24. The first-order valence-electron chi connectivity index (χ1n) is 8.61. The van der Waals surface area contributed by atoms with E-state index in [9.17, 15) is 14.7 Å². The van der Waals surface area contributed by atoms with Crippen LogP contribution in [-0.2, 0) is 14.3 Å². The number of aliphatic hydroxyl groups is 2. The van der Waals surface area contributed by atoms with Crippen LogP contribution in [0, 0.1) is 5.92 Å². The lowest BCUT2D eigenvalue weighted by Gasteiger charge is -2.13. The second-order valence-electron chi connectivity index (χ2n) is 6.41. The van der Waals surface area contributed by atoms with Gasteiger partial charge in [-0.2, -0.15) is 0 Å². The lowest BCUT2D eigenvalue weighted by atomic mass is 10.0. The van der Waals surface area contributed by atoms with Gasteiger partial charge in [-0.05, 0) is 12.3 Å². The number of unbranched alkanes of at least 4 members (excludes halogenated alkanes) is 7. The molecule has 6 heteroatoms. The number of carboxylic acid groups (broad SMARTS) is 1. The van der Waals surface area contributed by atoms with Gasteiger partial charge in [-0.25, -0.2) is 9.59 Å². The van der Waals surface area contributed by atoms with Gasteiger partial charge in [0.2, 0.25) is 0 Å². The van der Waals surface area contributed by atoms with Crippen LogP contribution in [-0.4, -0.2) is 46.1 Å². The molecule has 0 aliphatic heterocycles. The van der Waals surface area contributed by atoms with Crippen LogP contribution in [0.15, 0.2) is 0 Å². The van der Waals surface area contributed by atoms with Crippen LogP contribution in [0.3, 0.4) is 0 Å². The van der Waals surface area contributed by atoms with Crippen LogP contribution in [0.25, 0.3) is 0 Å². The molecule has 0 aromatic carbocycles. The van der Waals surface area contributed by atoms with Crippen LogP contribution in [0.4, 0.5) is 0 Å². The predicted octanol–water partition coefficient (Wildman–Crippen LogP) is 2.50. The molecule has 0 saturated carbocycles. The molecule has 0 amide bonds. The molecule has 0 saturated heterocycles. The van der Waals surface area contributed by atoms with E-state index < -0.39 is 24.1 Å². The maximum absolute atomic E-state index is 11.3. The van der Waals surface area contributed by atoms with E-state index in [1.807, 2.05) is 0 Å². The molecule has 0 aliphatic carbocycles. The maximum Gasteiger partial charge on any atom is 0.338 e. The molecule has 0 spiro atoms. The minimum absolute atomic E-state index is 0.136. The average Bonchev–Trinajstić information content (AvgIpc) is 2.50. The Balaban J connectivity index is 3.42. The summed E-state index contributed by atoms with van der Waals surface area (Å²) in [5.41, 5.74) is 0. The van der Waals surface area contributed by atoms with Gasteiger partial charge in [0.05, 0.1) is 6.61 Å². The number of esters is 1. The topological polar surface area (TPSA) is 104 Å². The van der Waals surface area contributed by atoms with Gasteiger partial charge in [-0.15, -0.1) is 0 Å². The number of carbonyl (C=O) groups excluding carboxylic acids is 1. The standard InChI is InChI=1S/C17H32O6/c1-13(2)11-9-7-5-3-4-6-8-10-12-23-17(22)15(19)14(18)16(20)21/h13-15,18-19H,3-12H2,1-2H3,(H,20,21). The van der Waals surface area contributed by atoms with Gasteiger partial charge in [0.25, 0.3) is 0 Å². The van der Waals surface area contributed by atoms with Crippen molar-refractivity contribution in [1.82, 2.24) is 0 Å². The van der Waals surface area contributed by atoms with Crippen molar-refractivity contribution in [1.29, 1.82) is 0 Å². The number of hydrogen-bond acceptors (Lipinski definition) is 5. The highest BCUT2D eigenvalue weighted by Gasteiger charge is 2.31. The van der Waals surface area contributed by atoms with Crippen molar-refractivity contribution in [2.45, 2.75) is 83.8 Å². The highest BCUT2D eigenvalue weighted by Crippen LogP contribution is 2.12. The number of hydrogen-bond donors (Lipinski definition) is 3.